The lowest BCUT2D eigenvalue weighted by Crippen LogP contribution is -2.42. The van der Waals surface area contributed by atoms with Gasteiger partial charge in [-0.05, 0) is 62.4 Å². The van der Waals surface area contributed by atoms with Crippen molar-refractivity contribution in [3.63, 3.8) is 0 Å². The Balaban J connectivity index is 1.37. The Labute approximate surface area is 195 Å². The summed E-state index contributed by atoms with van der Waals surface area (Å²) in [4.78, 5) is 26.5. The first-order valence-electron chi connectivity index (χ1n) is 11.4. The Kier molecular flexibility index (Phi) is 6.59. The van der Waals surface area contributed by atoms with Gasteiger partial charge < -0.3 is 10.2 Å². The zero-order valence-electron chi connectivity index (χ0n) is 19.4. The van der Waals surface area contributed by atoms with Gasteiger partial charge in [0.25, 0.3) is 0 Å². The van der Waals surface area contributed by atoms with Crippen LogP contribution in [-0.2, 0) is 32.6 Å². The smallest absolute Gasteiger partial charge is 0.243 e. The van der Waals surface area contributed by atoms with Crippen molar-refractivity contribution in [2.75, 3.05) is 18.0 Å². The molecule has 1 atom stereocenters. The molecule has 33 heavy (non-hydrogen) atoms. The van der Waals surface area contributed by atoms with Crippen LogP contribution in [0.1, 0.15) is 43.4 Å². The van der Waals surface area contributed by atoms with Gasteiger partial charge in [0.2, 0.25) is 21.8 Å². The van der Waals surface area contributed by atoms with Crippen molar-refractivity contribution in [2.45, 2.75) is 57.5 Å². The van der Waals surface area contributed by atoms with E-state index in [4.69, 9.17) is 0 Å². The van der Waals surface area contributed by atoms with Crippen LogP contribution in [0.4, 0.5) is 5.69 Å². The number of piperidine rings is 1. The third kappa shape index (κ3) is 4.82. The molecule has 0 bridgehead atoms. The second-order valence-corrected chi connectivity index (χ2v) is 11.1. The van der Waals surface area contributed by atoms with E-state index in [9.17, 15) is 18.0 Å². The second kappa shape index (κ2) is 9.27. The molecule has 2 aliphatic heterocycles. The zero-order chi connectivity index (χ0) is 23.8. The second-order valence-electron chi connectivity index (χ2n) is 9.11. The number of carbonyl (C=O) groups is 2. The third-order valence-electron chi connectivity index (χ3n) is 6.66. The minimum atomic E-state index is -3.65. The predicted molar refractivity (Wildman–Crippen MR) is 127 cm³/mol. The largest absolute Gasteiger partial charge is 0.352 e. The number of nitrogens with one attached hydrogen (secondary N) is 1. The van der Waals surface area contributed by atoms with Crippen molar-refractivity contribution in [1.29, 1.82) is 0 Å². The molecule has 0 radical (unpaired) electrons. The van der Waals surface area contributed by atoms with E-state index in [2.05, 4.69) is 5.32 Å². The number of hydrogen-bond donors (Lipinski definition) is 1. The number of rotatable bonds is 5. The number of carbonyl (C=O) groups excluding carboxylic acids is 2. The molecule has 2 aliphatic rings. The highest BCUT2D eigenvalue weighted by Gasteiger charge is 2.34. The van der Waals surface area contributed by atoms with Gasteiger partial charge in [0, 0.05) is 44.2 Å². The minimum Gasteiger partial charge on any atom is -0.352 e. The summed E-state index contributed by atoms with van der Waals surface area (Å²) < 4.78 is 28.0. The number of sulfonamides is 1. The van der Waals surface area contributed by atoms with Gasteiger partial charge in [-0.15, -0.1) is 0 Å². The van der Waals surface area contributed by atoms with Gasteiger partial charge >= 0.3 is 0 Å². The van der Waals surface area contributed by atoms with Crippen LogP contribution in [0.25, 0.3) is 0 Å². The molecule has 0 unspecified atom stereocenters. The Bertz CT molecular complexity index is 1150. The number of amides is 2. The standard InChI is InChI=1S/C25H31N3O4S/c1-17-4-6-20(7-5-17)16-26-25(30)21-10-12-27(13-11-21)33(31,32)23-8-9-24-22(15-23)14-18(2)28(24)19(3)29/h4-9,15,18,21H,10-14,16H2,1-3H3,(H,26,30)/t18-/m0/s1. The van der Waals surface area contributed by atoms with E-state index in [1.807, 2.05) is 38.1 Å². The van der Waals surface area contributed by atoms with E-state index in [0.29, 0.717) is 38.9 Å². The molecule has 0 spiro atoms. The molecule has 2 amide bonds. The van der Waals surface area contributed by atoms with E-state index in [1.54, 1.807) is 23.1 Å². The van der Waals surface area contributed by atoms with Crippen molar-refractivity contribution in [3.8, 4) is 0 Å². The molecule has 176 valence electrons. The normalized spacial score (nSPS) is 19.4. The fraction of sp³-hybridized carbons (Fsp3) is 0.440. The monoisotopic (exact) mass is 469 g/mol. The van der Waals surface area contributed by atoms with Gasteiger partial charge in [0.1, 0.15) is 0 Å². The first-order chi connectivity index (χ1) is 15.7. The van der Waals surface area contributed by atoms with E-state index < -0.39 is 10.0 Å². The fourth-order valence-electron chi connectivity index (χ4n) is 4.79. The molecule has 1 fully saturated rings. The highest BCUT2D eigenvalue weighted by atomic mass is 32.2. The van der Waals surface area contributed by atoms with Crippen LogP contribution < -0.4 is 10.2 Å². The molecule has 2 aromatic carbocycles. The summed E-state index contributed by atoms with van der Waals surface area (Å²) in [6, 6.07) is 13.1. The summed E-state index contributed by atoms with van der Waals surface area (Å²) in [5, 5.41) is 2.98. The summed E-state index contributed by atoms with van der Waals surface area (Å²) in [6.07, 6.45) is 1.64. The maximum Gasteiger partial charge on any atom is 0.243 e. The molecule has 8 heteroatoms. The van der Waals surface area contributed by atoms with Crippen molar-refractivity contribution < 1.29 is 18.0 Å². The summed E-state index contributed by atoms with van der Waals surface area (Å²) in [5.74, 6) is -0.255. The van der Waals surface area contributed by atoms with Gasteiger partial charge in [0.15, 0.2) is 0 Å². The molecule has 7 nitrogen and oxygen atoms in total. The third-order valence-corrected chi connectivity index (χ3v) is 8.55. The van der Waals surface area contributed by atoms with E-state index in [1.165, 1.54) is 16.8 Å². The number of nitrogens with zero attached hydrogens (tertiary/aromatic N) is 2. The number of hydrogen-bond acceptors (Lipinski definition) is 4. The minimum absolute atomic E-state index is 0.0182. The van der Waals surface area contributed by atoms with Crippen LogP contribution in [-0.4, -0.2) is 43.7 Å². The zero-order valence-corrected chi connectivity index (χ0v) is 20.2. The lowest BCUT2D eigenvalue weighted by molar-refractivity contribution is -0.126. The SMILES string of the molecule is CC(=O)N1c2ccc(S(=O)(=O)N3CCC(C(=O)NCc4ccc(C)cc4)CC3)cc2C[C@@H]1C. The van der Waals surface area contributed by atoms with Gasteiger partial charge in [0.05, 0.1) is 4.90 Å². The van der Waals surface area contributed by atoms with Crippen LogP contribution in [0.3, 0.4) is 0 Å². The van der Waals surface area contributed by atoms with Crippen molar-refractivity contribution in [1.82, 2.24) is 9.62 Å². The highest BCUT2D eigenvalue weighted by molar-refractivity contribution is 7.89. The molecule has 1 N–H and O–H groups in total. The van der Waals surface area contributed by atoms with Gasteiger partial charge in [-0.25, -0.2) is 8.42 Å². The Morgan fingerprint density at radius 3 is 2.36 bits per heavy atom. The van der Waals surface area contributed by atoms with Gasteiger partial charge in [-0.1, -0.05) is 29.8 Å². The van der Waals surface area contributed by atoms with Crippen molar-refractivity contribution in [3.05, 3.63) is 59.2 Å². The van der Waals surface area contributed by atoms with E-state index in [0.717, 1.165) is 16.8 Å². The number of aryl methyl sites for hydroxylation is 1. The van der Waals surface area contributed by atoms with Gasteiger partial charge in [-0.2, -0.15) is 4.31 Å². The molecule has 0 aromatic heterocycles. The maximum absolute atomic E-state index is 13.2. The summed E-state index contributed by atoms with van der Waals surface area (Å²) >= 11 is 0. The average Bonchev–Trinajstić information content (AvgIpc) is 3.13. The van der Waals surface area contributed by atoms with Crippen LogP contribution in [0.15, 0.2) is 47.4 Å². The summed E-state index contributed by atoms with van der Waals surface area (Å²) in [7, 11) is -3.65. The summed E-state index contributed by atoms with van der Waals surface area (Å²) in [6.45, 7) is 6.62. The number of fused-ring (bicyclic) bond motifs is 1. The first kappa shape index (κ1) is 23.4. The molecule has 0 aliphatic carbocycles. The fourth-order valence-corrected chi connectivity index (χ4v) is 6.32. The molecule has 2 aromatic rings. The van der Waals surface area contributed by atoms with Crippen LogP contribution in [0.2, 0.25) is 0 Å². The predicted octanol–water partition coefficient (Wildman–Crippen LogP) is 3.01. The lowest BCUT2D eigenvalue weighted by atomic mass is 9.97. The lowest BCUT2D eigenvalue weighted by Gasteiger charge is -2.30. The maximum atomic E-state index is 13.2. The van der Waals surface area contributed by atoms with E-state index >= 15 is 0 Å². The first-order valence-corrected chi connectivity index (χ1v) is 12.9. The Morgan fingerprint density at radius 1 is 1.06 bits per heavy atom. The molecule has 2 heterocycles. The molecule has 1 saturated heterocycles. The summed E-state index contributed by atoms with van der Waals surface area (Å²) in [5.41, 5.74) is 3.89. The topological polar surface area (TPSA) is 86.8 Å². The van der Waals surface area contributed by atoms with Crippen molar-refractivity contribution in [2.24, 2.45) is 5.92 Å². The van der Waals surface area contributed by atoms with E-state index in [-0.39, 0.29) is 28.7 Å². The van der Waals surface area contributed by atoms with Crippen LogP contribution >= 0.6 is 0 Å². The Morgan fingerprint density at radius 2 is 1.73 bits per heavy atom. The average molecular weight is 470 g/mol. The Hall–Kier alpha value is -2.71. The number of benzene rings is 2. The van der Waals surface area contributed by atoms with Crippen LogP contribution in [0.5, 0.6) is 0 Å². The molecular formula is C25H31N3O4S. The van der Waals surface area contributed by atoms with Crippen LogP contribution in [0, 0.1) is 12.8 Å². The molecular weight excluding hydrogens is 438 g/mol. The molecule has 4 rings (SSSR count). The molecule has 0 saturated carbocycles. The number of anilines is 1. The highest BCUT2D eigenvalue weighted by Crippen LogP contribution is 2.35. The quantitative estimate of drug-likeness (QED) is 0.729. The van der Waals surface area contributed by atoms with Crippen molar-refractivity contribution >= 4 is 27.5 Å². The van der Waals surface area contributed by atoms with Gasteiger partial charge in [-0.3, -0.25) is 9.59 Å².